The highest BCUT2D eigenvalue weighted by molar-refractivity contribution is 7.89. The third-order valence-electron chi connectivity index (χ3n) is 3.83. The number of carbonyl (C=O) groups is 2. The fourth-order valence-electron chi connectivity index (χ4n) is 2.42. The minimum Gasteiger partial charge on any atom is -0.344 e. The Hall–Kier alpha value is -2.72. The minimum atomic E-state index is -3.67. The first-order valence-corrected chi connectivity index (χ1v) is 10.5. The standard InChI is InChI=1S/C18H25N5O4S/c1-3-4-10-20-28(26,27)16-8-5-7-15(12-16)22-18(25)17(24)21-14(2)13-23-11-6-9-19-23/h5-9,11-12,14,20H,3-4,10,13H2,1-2H3,(H,21,24)(H,22,25)/t14-/m1/s1. The SMILES string of the molecule is CCCCNS(=O)(=O)c1cccc(NC(=O)C(=O)N[C@H](C)Cn2cccn2)c1. The quantitative estimate of drug-likeness (QED) is 0.424. The second kappa shape index (κ2) is 10.00. The maximum Gasteiger partial charge on any atom is 0.313 e. The molecular weight excluding hydrogens is 382 g/mol. The van der Waals surface area contributed by atoms with Crippen LogP contribution < -0.4 is 15.4 Å². The maximum absolute atomic E-state index is 12.3. The van der Waals surface area contributed by atoms with Crippen LogP contribution in [0.15, 0.2) is 47.6 Å². The van der Waals surface area contributed by atoms with E-state index < -0.39 is 21.8 Å². The second-order valence-electron chi connectivity index (χ2n) is 6.34. The van der Waals surface area contributed by atoms with Gasteiger partial charge >= 0.3 is 11.8 Å². The molecular formula is C18H25N5O4S. The number of sulfonamides is 1. The smallest absolute Gasteiger partial charge is 0.313 e. The molecule has 2 aromatic rings. The van der Waals surface area contributed by atoms with Crippen LogP contribution in [0.25, 0.3) is 0 Å². The van der Waals surface area contributed by atoms with E-state index in [9.17, 15) is 18.0 Å². The number of rotatable bonds is 9. The van der Waals surface area contributed by atoms with Crippen molar-refractivity contribution in [3.63, 3.8) is 0 Å². The summed E-state index contributed by atoms with van der Waals surface area (Å²) in [6, 6.07) is 7.21. The van der Waals surface area contributed by atoms with Gasteiger partial charge in [-0.1, -0.05) is 19.4 Å². The molecule has 0 aliphatic carbocycles. The number of nitrogens with one attached hydrogen (secondary N) is 3. The Labute approximate surface area is 164 Å². The summed E-state index contributed by atoms with van der Waals surface area (Å²) in [6.45, 7) is 4.47. The number of anilines is 1. The van der Waals surface area contributed by atoms with Gasteiger partial charge in [0.15, 0.2) is 0 Å². The summed E-state index contributed by atoms with van der Waals surface area (Å²) in [7, 11) is -3.67. The van der Waals surface area contributed by atoms with Crippen molar-refractivity contribution >= 4 is 27.5 Å². The molecule has 1 aromatic carbocycles. The van der Waals surface area contributed by atoms with Gasteiger partial charge in [0, 0.05) is 30.7 Å². The number of hydrogen-bond donors (Lipinski definition) is 3. The van der Waals surface area contributed by atoms with E-state index in [2.05, 4.69) is 20.5 Å². The van der Waals surface area contributed by atoms with E-state index in [-0.39, 0.29) is 16.6 Å². The highest BCUT2D eigenvalue weighted by Crippen LogP contribution is 2.15. The number of unbranched alkanes of at least 4 members (excludes halogenated alkanes) is 1. The zero-order valence-corrected chi connectivity index (χ0v) is 16.7. The van der Waals surface area contributed by atoms with Gasteiger partial charge in [-0.25, -0.2) is 13.1 Å². The van der Waals surface area contributed by atoms with Crippen LogP contribution in [-0.4, -0.2) is 42.6 Å². The van der Waals surface area contributed by atoms with Gasteiger partial charge in [-0.05, 0) is 37.6 Å². The van der Waals surface area contributed by atoms with Crippen LogP contribution >= 0.6 is 0 Å². The van der Waals surface area contributed by atoms with Crippen LogP contribution in [0.4, 0.5) is 5.69 Å². The largest absolute Gasteiger partial charge is 0.344 e. The van der Waals surface area contributed by atoms with Crippen molar-refractivity contribution in [3.8, 4) is 0 Å². The molecule has 0 fully saturated rings. The fourth-order valence-corrected chi connectivity index (χ4v) is 3.54. The Morgan fingerprint density at radius 3 is 2.68 bits per heavy atom. The van der Waals surface area contributed by atoms with E-state index in [4.69, 9.17) is 0 Å². The zero-order valence-electron chi connectivity index (χ0n) is 15.9. The number of amides is 2. The molecule has 3 N–H and O–H groups in total. The van der Waals surface area contributed by atoms with Gasteiger partial charge in [0.2, 0.25) is 10.0 Å². The van der Waals surface area contributed by atoms with E-state index >= 15 is 0 Å². The lowest BCUT2D eigenvalue weighted by Gasteiger charge is -2.14. The lowest BCUT2D eigenvalue weighted by atomic mass is 10.3. The van der Waals surface area contributed by atoms with Gasteiger partial charge in [-0.15, -0.1) is 0 Å². The molecule has 0 unspecified atom stereocenters. The summed E-state index contributed by atoms with van der Waals surface area (Å²) in [5, 5.41) is 9.03. The number of nitrogens with zero attached hydrogens (tertiary/aromatic N) is 2. The van der Waals surface area contributed by atoms with Crippen LogP contribution in [0.2, 0.25) is 0 Å². The van der Waals surface area contributed by atoms with E-state index in [1.165, 1.54) is 24.3 Å². The molecule has 1 aromatic heterocycles. The van der Waals surface area contributed by atoms with Gasteiger partial charge in [-0.3, -0.25) is 14.3 Å². The first kappa shape index (κ1) is 21.6. The van der Waals surface area contributed by atoms with E-state index in [0.717, 1.165) is 12.8 Å². The van der Waals surface area contributed by atoms with Crippen molar-refractivity contribution in [1.82, 2.24) is 19.8 Å². The maximum atomic E-state index is 12.3. The Bertz CT molecular complexity index is 896. The molecule has 0 saturated carbocycles. The van der Waals surface area contributed by atoms with Crippen molar-refractivity contribution < 1.29 is 18.0 Å². The summed E-state index contributed by atoms with van der Waals surface area (Å²) in [4.78, 5) is 24.2. The van der Waals surface area contributed by atoms with Gasteiger partial charge < -0.3 is 10.6 Å². The lowest BCUT2D eigenvalue weighted by molar-refractivity contribution is -0.136. The molecule has 0 bridgehead atoms. The molecule has 9 nitrogen and oxygen atoms in total. The molecule has 2 rings (SSSR count). The molecule has 28 heavy (non-hydrogen) atoms. The van der Waals surface area contributed by atoms with Gasteiger partial charge in [0.25, 0.3) is 0 Å². The summed E-state index contributed by atoms with van der Waals surface area (Å²) < 4.78 is 28.7. The summed E-state index contributed by atoms with van der Waals surface area (Å²) >= 11 is 0. The van der Waals surface area contributed by atoms with Crippen molar-refractivity contribution in [2.24, 2.45) is 0 Å². The Kier molecular flexibility index (Phi) is 7.70. The molecule has 0 spiro atoms. The topological polar surface area (TPSA) is 122 Å². The van der Waals surface area contributed by atoms with Crippen molar-refractivity contribution in [2.45, 2.75) is 44.2 Å². The Morgan fingerprint density at radius 1 is 1.21 bits per heavy atom. The van der Waals surface area contributed by atoms with Crippen molar-refractivity contribution in [3.05, 3.63) is 42.7 Å². The van der Waals surface area contributed by atoms with Crippen LogP contribution in [0.1, 0.15) is 26.7 Å². The monoisotopic (exact) mass is 407 g/mol. The molecule has 0 aliphatic heterocycles. The number of aromatic nitrogens is 2. The first-order chi connectivity index (χ1) is 13.3. The van der Waals surface area contributed by atoms with Gasteiger partial charge in [0.1, 0.15) is 0 Å². The van der Waals surface area contributed by atoms with Gasteiger partial charge in [-0.2, -0.15) is 5.10 Å². The average molecular weight is 407 g/mol. The highest BCUT2D eigenvalue weighted by atomic mass is 32.2. The third kappa shape index (κ3) is 6.46. The normalized spacial score (nSPS) is 12.4. The third-order valence-corrected chi connectivity index (χ3v) is 5.29. The zero-order chi connectivity index (χ0) is 20.6. The molecule has 2 amide bonds. The Morgan fingerprint density at radius 2 is 2.00 bits per heavy atom. The summed E-state index contributed by atoms with van der Waals surface area (Å²) in [5.41, 5.74) is 0.221. The van der Waals surface area contributed by atoms with Crippen molar-refractivity contribution in [2.75, 3.05) is 11.9 Å². The predicted molar refractivity (Wildman–Crippen MR) is 105 cm³/mol. The molecule has 1 atom stereocenters. The van der Waals surface area contributed by atoms with E-state index in [1.54, 1.807) is 30.1 Å². The average Bonchev–Trinajstić information content (AvgIpc) is 3.14. The van der Waals surface area contributed by atoms with Crippen LogP contribution in [-0.2, 0) is 26.2 Å². The Balaban J connectivity index is 1.95. The molecule has 0 aliphatic rings. The number of carbonyl (C=O) groups excluding carboxylic acids is 2. The molecule has 10 heteroatoms. The number of hydrogen-bond acceptors (Lipinski definition) is 5. The van der Waals surface area contributed by atoms with E-state index in [0.29, 0.717) is 13.1 Å². The first-order valence-electron chi connectivity index (χ1n) is 9.01. The van der Waals surface area contributed by atoms with Crippen LogP contribution in [0.3, 0.4) is 0 Å². The van der Waals surface area contributed by atoms with Gasteiger partial charge in [0.05, 0.1) is 11.4 Å². The lowest BCUT2D eigenvalue weighted by Crippen LogP contribution is -2.42. The van der Waals surface area contributed by atoms with E-state index in [1.807, 2.05) is 6.92 Å². The number of benzene rings is 1. The fraction of sp³-hybridized carbons (Fsp3) is 0.389. The minimum absolute atomic E-state index is 0.0221. The summed E-state index contributed by atoms with van der Waals surface area (Å²) in [5.74, 6) is -1.69. The second-order valence-corrected chi connectivity index (χ2v) is 8.10. The van der Waals surface area contributed by atoms with Crippen LogP contribution in [0, 0.1) is 0 Å². The van der Waals surface area contributed by atoms with Crippen molar-refractivity contribution in [1.29, 1.82) is 0 Å². The van der Waals surface area contributed by atoms with Crippen LogP contribution in [0.5, 0.6) is 0 Å². The molecule has 0 saturated heterocycles. The molecule has 152 valence electrons. The predicted octanol–water partition coefficient (Wildman–Crippen LogP) is 1.10. The molecule has 0 radical (unpaired) electrons. The summed E-state index contributed by atoms with van der Waals surface area (Å²) in [6.07, 6.45) is 4.97. The highest BCUT2D eigenvalue weighted by Gasteiger charge is 2.18. The molecule has 1 heterocycles.